The Kier molecular flexibility index (Phi) is 6.90. The van der Waals surface area contributed by atoms with Crippen LogP contribution in [0.1, 0.15) is 33.1 Å². The lowest BCUT2D eigenvalue weighted by molar-refractivity contribution is -0.122. The van der Waals surface area contributed by atoms with Crippen LogP contribution in [0.25, 0.3) is 0 Å². The average Bonchev–Trinajstić information content (AvgIpc) is 2.56. The lowest BCUT2D eigenvalue weighted by Gasteiger charge is -2.32. The van der Waals surface area contributed by atoms with E-state index in [1.807, 2.05) is 44.2 Å². The molecule has 24 heavy (non-hydrogen) atoms. The molecule has 1 heterocycles. The van der Waals surface area contributed by atoms with Gasteiger partial charge in [-0.25, -0.2) is 4.79 Å². The number of piperidine rings is 1. The van der Waals surface area contributed by atoms with E-state index < -0.39 is 0 Å². The van der Waals surface area contributed by atoms with E-state index in [1.54, 1.807) is 4.90 Å². The number of para-hydroxylation sites is 1. The number of hydrogen-bond donors (Lipinski definition) is 2. The van der Waals surface area contributed by atoms with Crippen molar-refractivity contribution >= 4 is 11.9 Å². The van der Waals surface area contributed by atoms with Crippen molar-refractivity contribution in [2.24, 2.45) is 0 Å². The first-order valence-electron chi connectivity index (χ1n) is 8.57. The molecule has 0 radical (unpaired) electrons. The SMILES string of the molecule is CC(C)NC(=O)N1CCC(NC(=O)CCOc2ccccc2)CC1. The minimum atomic E-state index is -0.0222. The van der Waals surface area contributed by atoms with E-state index >= 15 is 0 Å². The number of likely N-dealkylation sites (tertiary alicyclic amines) is 1. The molecule has 0 aliphatic carbocycles. The third kappa shape index (κ3) is 6.10. The van der Waals surface area contributed by atoms with Gasteiger partial charge in [0.15, 0.2) is 0 Å². The molecule has 0 spiro atoms. The van der Waals surface area contributed by atoms with E-state index in [2.05, 4.69) is 10.6 Å². The van der Waals surface area contributed by atoms with Crippen LogP contribution in [-0.4, -0.2) is 48.6 Å². The highest BCUT2D eigenvalue weighted by molar-refractivity contribution is 5.76. The first-order chi connectivity index (χ1) is 11.5. The molecular formula is C18H27N3O3. The van der Waals surface area contributed by atoms with E-state index in [-0.39, 0.29) is 24.0 Å². The van der Waals surface area contributed by atoms with Gasteiger partial charge in [-0.05, 0) is 38.8 Å². The van der Waals surface area contributed by atoms with Crippen LogP contribution in [0.3, 0.4) is 0 Å². The molecule has 1 saturated heterocycles. The second-order valence-corrected chi connectivity index (χ2v) is 6.34. The van der Waals surface area contributed by atoms with E-state index in [0.29, 0.717) is 26.1 Å². The zero-order valence-electron chi connectivity index (χ0n) is 14.5. The standard InChI is InChI=1S/C18H27N3O3/c1-14(2)19-18(23)21-11-8-15(9-12-21)20-17(22)10-13-24-16-6-4-3-5-7-16/h3-7,14-15H,8-13H2,1-2H3,(H,19,23)(H,20,22). The predicted octanol–water partition coefficient (Wildman–Crippen LogP) is 2.15. The van der Waals surface area contributed by atoms with Crippen molar-refractivity contribution in [2.75, 3.05) is 19.7 Å². The Bertz CT molecular complexity index is 526. The smallest absolute Gasteiger partial charge is 0.317 e. The van der Waals surface area contributed by atoms with Crippen LogP contribution in [0.4, 0.5) is 4.79 Å². The molecule has 132 valence electrons. The molecule has 0 bridgehead atoms. The molecule has 1 aromatic carbocycles. The Morgan fingerprint density at radius 1 is 1.21 bits per heavy atom. The Morgan fingerprint density at radius 3 is 2.50 bits per heavy atom. The van der Waals surface area contributed by atoms with Crippen molar-refractivity contribution in [1.82, 2.24) is 15.5 Å². The molecule has 0 atom stereocenters. The summed E-state index contributed by atoms with van der Waals surface area (Å²) in [7, 11) is 0. The van der Waals surface area contributed by atoms with Crippen molar-refractivity contribution in [1.29, 1.82) is 0 Å². The molecule has 3 amide bonds. The van der Waals surface area contributed by atoms with Gasteiger partial charge in [-0.1, -0.05) is 18.2 Å². The number of ether oxygens (including phenoxy) is 1. The second-order valence-electron chi connectivity index (χ2n) is 6.34. The quantitative estimate of drug-likeness (QED) is 0.838. The highest BCUT2D eigenvalue weighted by Gasteiger charge is 2.23. The van der Waals surface area contributed by atoms with E-state index in [4.69, 9.17) is 4.74 Å². The van der Waals surface area contributed by atoms with Gasteiger partial charge in [0.05, 0.1) is 13.0 Å². The van der Waals surface area contributed by atoms with Crippen LogP contribution in [0.15, 0.2) is 30.3 Å². The van der Waals surface area contributed by atoms with Gasteiger partial charge in [0.2, 0.25) is 5.91 Å². The van der Waals surface area contributed by atoms with Crippen LogP contribution in [0, 0.1) is 0 Å². The van der Waals surface area contributed by atoms with Crippen LogP contribution >= 0.6 is 0 Å². The maximum absolute atomic E-state index is 12.0. The fraction of sp³-hybridized carbons (Fsp3) is 0.556. The van der Waals surface area contributed by atoms with Crippen LogP contribution < -0.4 is 15.4 Å². The summed E-state index contributed by atoms with van der Waals surface area (Å²) >= 11 is 0. The molecule has 1 aromatic rings. The highest BCUT2D eigenvalue weighted by atomic mass is 16.5. The number of amides is 3. The molecule has 0 saturated carbocycles. The van der Waals surface area contributed by atoms with Crippen LogP contribution in [0.2, 0.25) is 0 Å². The highest BCUT2D eigenvalue weighted by Crippen LogP contribution is 2.11. The summed E-state index contributed by atoms with van der Waals surface area (Å²) in [6, 6.07) is 9.72. The monoisotopic (exact) mass is 333 g/mol. The number of nitrogens with zero attached hydrogens (tertiary/aromatic N) is 1. The number of rotatable bonds is 6. The molecule has 2 rings (SSSR count). The molecule has 0 aromatic heterocycles. The van der Waals surface area contributed by atoms with Crippen molar-refractivity contribution in [3.05, 3.63) is 30.3 Å². The normalized spacial score (nSPS) is 15.2. The lowest BCUT2D eigenvalue weighted by atomic mass is 10.1. The number of nitrogens with one attached hydrogen (secondary N) is 2. The topological polar surface area (TPSA) is 70.7 Å². The van der Waals surface area contributed by atoms with Crippen LogP contribution in [-0.2, 0) is 4.79 Å². The fourth-order valence-corrected chi connectivity index (χ4v) is 2.64. The van der Waals surface area contributed by atoms with E-state index in [1.165, 1.54) is 0 Å². The largest absolute Gasteiger partial charge is 0.493 e. The summed E-state index contributed by atoms with van der Waals surface area (Å²) in [6.45, 7) is 5.60. The average molecular weight is 333 g/mol. The van der Waals surface area contributed by atoms with Crippen molar-refractivity contribution in [3.8, 4) is 5.75 Å². The van der Waals surface area contributed by atoms with E-state index in [9.17, 15) is 9.59 Å². The van der Waals surface area contributed by atoms with E-state index in [0.717, 1.165) is 18.6 Å². The van der Waals surface area contributed by atoms with Gasteiger partial charge in [0.25, 0.3) is 0 Å². The molecule has 1 aliphatic rings. The van der Waals surface area contributed by atoms with Gasteiger partial charge in [-0.15, -0.1) is 0 Å². The van der Waals surface area contributed by atoms with Gasteiger partial charge in [-0.2, -0.15) is 0 Å². The van der Waals surface area contributed by atoms with Gasteiger partial charge >= 0.3 is 6.03 Å². The first-order valence-corrected chi connectivity index (χ1v) is 8.57. The summed E-state index contributed by atoms with van der Waals surface area (Å²) in [4.78, 5) is 25.7. The third-order valence-corrected chi connectivity index (χ3v) is 3.90. The van der Waals surface area contributed by atoms with Crippen LogP contribution in [0.5, 0.6) is 5.75 Å². The summed E-state index contributed by atoms with van der Waals surface area (Å²) in [5, 5.41) is 5.92. The Balaban J connectivity index is 1.62. The minimum absolute atomic E-state index is 0.00369. The molecule has 6 nitrogen and oxygen atoms in total. The number of benzene rings is 1. The molecule has 1 aliphatic heterocycles. The summed E-state index contributed by atoms with van der Waals surface area (Å²) in [6.07, 6.45) is 1.91. The maximum atomic E-state index is 12.0. The molecule has 6 heteroatoms. The molecule has 2 N–H and O–H groups in total. The molecule has 1 fully saturated rings. The minimum Gasteiger partial charge on any atom is -0.493 e. The predicted molar refractivity (Wildman–Crippen MR) is 93.0 cm³/mol. The lowest BCUT2D eigenvalue weighted by Crippen LogP contribution is -2.50. The Labute approximate surface area is 143 Å². The van der Waals surface area contributed by atoms with Crippen molar-refractivity contribution < 1.29 is 14.3 Å². The maximum Gasteiger partial charge on any atom is 0.317 e. The Hall–Kier alpha value is -2.24. The molecule has 0 unspecified atom stereocenters. The fourth-order valence-electron chi connectivity index (χ4n) is 2.64. The summed E-state index contributed by atoms with van der Waals surface area (Å²) < 4.78 is 5.53. The molecular weight excluding hydrogens is 306 g/mol. The summed E-state index contributed by atoms with van der Waals surface area (Å²) in [5.74, 6) is 0.769. The van der Waals surface area contributed by atoms with Gasteiger partial charge in [0.1, 0.15) is 5.75 Å². The zero-order chi connectivity index (χ0) is 17.4. The second kappa shape index (κ2) is 9.15. The summed E-state index contributed by atoms with van der Waals surface area (Å²) in [5.41, 5.74) is 0. The Morgan fingerprint density at radius 2 is 1.88 bits per heavy atom. The number of hydrogen-bond acceptors (Lipinski definition) is 3. The first kappa shape index (κ1) is 18.1. The van der Waals surface area contributed by atoms with Gasteiger partial charge in [0, 0.05) is 25.2 Å². The van der Waals surface area contributed by atoms with Gasteiger partial charge in [-0.3, -0.25) is 4.79 Å². The van der Waals surface area contributed by atoms with Gasteiger partial charge < -0.3 is 20.3 Å². The third-order valence-electron chi connectivity index (χ3n) is 3.90. The van der Waals surface area contributed by atoms with Crippen molar-refractivity contribution in [2.45, 2.75) is 45.2 Å². The van der Waals surface area contributed by atoms with Crippen molar-refractivity contribution in [3.63, 3.8) is 0 Å². The number of carbonyl (C=O) groups excluding carboxylic acids is 2. The zero-order valence-corrected chi connectivity index (χ0v) is 14.5. The number of urea groups is 1. The number of carbonyl (C=O) groups is 2.